The van der Waals surface area contributed by atoms with Crippen LogP contribution in [0.1, 0.15) is 33.6 Å². The van der Waals surface area contributed by atoms with Gasteiger partial charge in [0.2, 0.25) is 0 Å². The molecule has 2 heterocycles. The number of hydrogen-bond donors (Lipinski definition) is 1. The topological polar surface area (TPSA) is 67.6 Å². The highest BCUT2D eigenvalue weighted by Gasteiger charge is 2.27. The van der Waals surface area contributed by atoms with Gasteiger partial charge in [0, 0.05) is 23.6 Å². The minimum Gasteiger partial charge on any atom is -0.444 e. The molecule has 24 heavy (non-hydrogen) atoms. The van der Waals surface area contributed by atoms with Crippen molar-refractivity contribution in [3.05, 3.63) is 22.7 Å². The van der Waals surface area contributed by atoms with Crippen molar-refractivity contribution in [2.24, 2.45) is 0 Å². The summed E-state index contributed by atoms with van der Waals surface area (Å²) in [6, 6.07) is 6.51. The van der Waals surface area contributed by atoms with Crippen LogP contribution in [0.4, 0.5) is 10.8 Å². The molecular weight excluding hydrogens is 374 g/mol. The number of carbonyl (C=O) groups is 1. The van der Waals surface area contributed by atoms with Crippen molar-refractivity contribution in [1.29, 1.82) is 0 Å². The third-order valence-corrected chi connectivity index (χ3v) is 4.32. The third-order valence-electron chi connectivity index (χ3n) is 3.82. The molecule has 3 rings (SSSR count). The van der Waals surface area contributed by atoms with Crippen molar-refractivity contribution in [2.75, 3.05) is 18.4 Å². The fraction of sp³-hybridized carbons (Fsp3) is 0.529. The second-order valence-corrected chi connectivity index (χ2v) is 7.93. The first-order chi connectivity index (χ1) is 11.3. The van der Waals surface area contributed by atoms with Crippen molar-refractivity contribution >= 4 is 39.1 Å². The van der Waals surface area contributed by atoms with Crippen LogP contribution in [0.3, 0.4) is 0 Å². The number of hydrogen-bond acceptors (Lipinski definition) is 5. The lowest BCUT2D eigenvalue weighted by Gasteiger charge is -2.33. The molecule has 130 valence electrons. The van der Waals surface area contributed by atoms with Crippen molar-refractivity contribution in [2.45, 2.75) is 45.3 Å². The number of aromatic nitrogens is 1. The van der Waals surface area contributed by atoms with Gasteiger partial charge in [-0.3, -0.25) is 0 Å². The zero-order valence-corrected chi connectivity index (χ0v) is 15.7. The molecule has 0 unspecified atom stereocenters. The van der Waals surface area contributed by atoms with E-state index in [2.05, 4.69) is 26.2 Å². The molecule has 1 aromatic heterocycles. The van der Waals surface area contributed by atoms with Crippen molar-refractivity contribution in [3.63, 3.8) is 0 Å². The lowest BCUT2D eigenvalue weighted by molar-refractivity contribution is 0.0210. The Hall–Kier alpha value is -1.76. The Kier molecular flexibility index (Phi) is 4.71. The maximum Gasteiger partial charge on any atom is 0.410 e. The fourth-order valence-electron chi connectivity index (χ4n) is 2.67. The summed E-state index contributed by atoms with van der Waals surface area (Å²) in [6.07, 6.45) is 1.43. The van der Waals surface area contributed by atoms with E-state index in [9.17, 15) is 4.79 Å². The van der Waals surface area contributed by atoms with E-state index < -0.39 is 5.60 Å². The van der Waals surface area contributed by atoms with Crippen molar-refractivity contribution in [1.82, 2.24) is 9.88 Å². The average molecular weight is 396 g/mol. The maximum atomic E-state index is 12.1. The highest BCUT2D eigenvalue weighted by molar-refractivity contribution is 9.10. The highest BCUT2D eigenvalue weighted by Crippen LogP contribution is 2.24. The lowest BCUT2D eigenvalue weighted by atomic mass is 10.1. The summed E-state index contributed by atoms with van der Waals surface area (Å²) < 4.78 is 12.1. The lowest BCUT2D eigenvalue weighted by Crippen LogP contribution is -2.44. The molecule has 0 radical (unpaired) electrons. The molecular formula is C17H22BrN3O3. The number of amides is 1. The van der Waals surface area contributed by atoms with Crippen LogP contribution in [0.15, 0.2) is 27.1 Å². The normalized spacial score (nSPS) is 16.4. The third kappa shape index (κ3) is 4.20. The number of oxazole rings is 1. The van der Waals surface area contributed by atoms with Gasteiger partial charge >= 0.3 is 6.09 Å². The van der Waals surface area contributed by atoms with E-state index in [0.29, 0.717) is 19.1 Å². The number of nitrogens with zero attached hydrogens (tertiary/aromatic N) is 2. The van der Waals surface area contributed by atoms with Gasteiger partial charge in [-0.1, -0.05) is 15.9 Å². The van der Waals surface area contributed by atoms with Gasteiger partial charge in [0.1, 0.15) is 11.1 Å². The molecule has 0 bridgehead atoms. The molecule has 0 atom stereocenters. The van der Waals surface area contributed by atoms with Gasteiger partial charge in [-0.2, -0.15) is 4.98 Å². The van der Waals surface area contributed by atoms with Crippen LogP contribution in [0.5, 0.6) is 0 Å². The van der Waals surface area contributed by atoms with Gasteiger partial charge in [-0.15, -0.1) is 0 Å². The Morgan fingerprint density at radius 3 is 2.75 bits per heavy atom. The second kappa shape index (κ2) is 6.63. The number of likely N-dealkylation sites (tertiary alicyclic amines) is 1. The van der Waals surface area contributed by atoms with Crippen LogP contribution < -0.4 is 5.32 Å². The summed E-state index contributed by atoms with van der Waals surface area (Å²) in [5.41, 5.74) is 1.11. The van der Waals surface area contributed by atoms with E-state index in [4.69, 9.17) is 9.15 Å². The van der Waals surface area contributed by atoms with E-state index in [1.54, 1.807) is 4.90 Å². The Morgan fingerprint density at radius 1 is 1.38 bits per heavy atom. The Balaban J connectivity index is 1.55. The number of halogens is 1. The van der Waals surface area contributed by atoms with E-state index in [1.165, 1.54) is 0 Å². The van der Waals surface area contributed by atoms with Crippen LogP contribution in [-0.2, 0) is 4.74 Å². The Morgan fingerprint density at radius 2 is 2.08 bits per heavy atom. The Bertz CT molecular complexity index is 730. The van der Waals surface area contributed by atoms with Crippen LogP contribution in [-0.4, -0.2) is 40.7 Å². The molecule has 0 saturated carbocycles. The van der Waals surface area contributed by atoms with Crippen LogP contribution in [0.25, 0.3) is 11.1 Å². The summed E-state index contributed by atoms with van der Waals surface area (Å²) >= 11 is 3.43. The minimum atomic E-state index is -0.460. The number of anilines is 1. The van der Waals surface area contributed by atoms with Gasteiger partial charge in [0.15, 0.2) is 5.58 Å². The predicted molar refractivity (Wildman–Crippen MR) is 96.2 cm³/mol. The SMILES string of the molecule is CC(C)(C)OC(=O)N1CCC(Nc2nc3cc(Br)ccc3o2)CC1. The number of benzene rings is 1. The average Bonchev–Trinajstić information content (AvgIpc) is 2.87. The zero-order valence-electron chi connectivity index (χ0n) is 14.1. The van der Waals surface area contributed by atoms with Crippen LogP contribution in [0.2, 0.25) is 0 Å². The molecule has 0 spiro atoms. The first-order valence-electron chi connectivity index (χ1n) is 8.11. The first-order valence-corrected chi connectivity index (χ1v) is 8.90. The summed E-state index contributed by atoms with van der Waals surface area (Å²) in [4.78, 5) is 18.3. The maximum absolute atomic E-state index is 12.1. The molecule has 7 heteroatoms. The fourth-order valence-corrected chi connectivity index (χ4v) is 3.02. The molecule has 1 saturated heterocycles. The molecule has 0 aliphatic carbocycles. The number of carbonyl (C=O) groups excluding carboxylic acids is 1. The molecule has 6 nitrogen and oxygen atoms in total. The van der Waals surface area contributed by atoms with E-state index in [0.717, 1.165) is 28.4 Å². The molecule has 2 aromatic rings. The number of nitrogens with one attached hydrogen (secondary N) is 1. The van der Waals surface area contributed by atoms with E-state index >= 15 is 0 Å². The second-order valence-electron chi connectivity index (χ2n) is 7.02. The largest absolute Gasteiger partial charge is 0.444 e. The summed E-state index contributed by atoms with van der Waals surface area (Å²) in [5.74, 6) is 0. The van der Waals surface area contributed by atoms with Gasteiger partial charge < -0.3 is 19.4 Å². The molecule has 1 N–H and O–H groups in total. The Labute approximate surface area is 149 Å². The van der Waals surface area contributed by atoms with Crippen LogP contribution >= 0.6 is 15.9 Å². The van der Waals surface area contributed by atoms with E-state index in [-0.39, 0.29) is 12.1 Å². The summed E-state index contributed by atoms with van der Waals surface area (Å²) in [7, 11) is 0. The first kappa shape index (κ1) is 17.1. The predicted octanol–water partition coefficient (Wildman–Crippen LogP) is 4.40. The van der Waals surface area contributed by atoms with Gasteiger partial charge in [-0.05, 0) is 51.8 Å². The molecule has 1 aromatic carbocycles. The number of piperidine rings is 1. The van der Waals surface area contributed by atoms with Gasteiger partial charge in [0.05, 0.1) is 0 Å². The van der Waals surface area contributed by atoms with Crippen LogP contribution in [0, 0.1) is 0 Å². The number of fused-ring (bicyclic) bond motifs is 1. The van der Waals surface area contributed by atoms with Crippen molar-refractivity contribution < 1.29 is 13.9 Å². The molecule has 1 aliphatic rings. The summed E-state index contributed by atoms with van der Waals surface area (Å²) in [6.45, 7) is 6.97. The monoisotopic (exact) mass is 395 g/mol. The van der Waals surface area contributed by atoms with Gasteiger partial charge in [-0.25, -0.2) is 4.79 Å². The highest BCUT2D eigenvalue weighted by atomic mass is 79.9. The molecule has 1 aliphatic heterocycles. The number of rotatable bonds is 2. The van der Waals surface area contributed by atoms with Gasteiger partial charge in [0.25, 0.3) is 6.01 Å². The smallest absolute Gasteiger partial charge is 0.410 e. The zero-order chi connectivity index (χ0) is 17.3. The molecule has 1 amide bonds. The summed E-state index contributed by atoms with van der Waals surface area (Å²) in [5, 5.41) is 3.33. The standard InChI is InChI=1S/C17H22BrN3O3/c1-17(2,3)24-16(22)21-8-6-12(7-9-21)19-15-20-13-10-11(18)4-5-14(13)23-15/h4-5,10,12H,6-9H2,1-3H3,(H,19,20). The van der Waals surface area contributed by atoms with E-state index in [1.807, 2.05) is 39.0 Å². The minimum absolute atomic E-state index is 0.236. The molecule has 1 fully saturated rings. The quantitative estimate of drug-likeness (QED) is 0.815. The van der Waals surface area contributed by atoms with Crippen molar-refractivity contribution in [3.8, 4) is 0 Å². The number of ether oxygens (including phenoxy) is 1.